The number of aliphatic hydroxyl groups is 1. The monoisotopic (exact) mass is 339 g/mol. The van der Waals surface area contributed by atoms with Crippen molar-refractivity contribution in [1.82, 2.24) is 4.98 Å². The summed E-state index contributed by atoms with van der Waals surface area (Å²) < 4.78 is 76.0. The summed E-state index contributed by atoms with van der Waals surface area (Å²) in [4.78, 5) is 2.96. The maximum atomic E-state index is 12.5. The lowest BCUT2D eigenvalue weighted by Crippen LogP contribution is -2.22. The molecule has 0 atom stereocenters. The minimum Gasteiger partial charge on any atom is -0.390 e. The summed E-state index contributed by atoms with van der Waals surface area (Å²) in [6.45, 7) is -0.828. The van der Waals surface area contributed by atoms with Crippen LogP contribution in [0.15, 0.2) is 10.5 Å². The average molecular weight is 340 g/mol. The summed E-state index contributed by atoms with van der Waals surface area (Å²) in [6, 6.07) is 0.756. The summed E-state index contributed by atoms with van der Waals surface area (Å²) in [5, 5.41) is 8.68. The van der Waals surface area contributed by atoms with E-state index in [1.807, 2.05) is 0 Å². The minimum absolute atomic E-state index is 0.394. The Morgan fingerprint density at radius 2 is 1.78 bits per heavy atom. The first-order valence-corrected chi connectivity index (χ1v) is 4.97. The Morgan fingerprint density at radius 1 is 1.22 bits per heavy atom. The van der Waals surface area contributed by atoms with Crippen molar-refractivity contribution in [2.24, 2.45) is 0 Å². The van der Waals surface area contributed by atoms with Crippen LogP contribution in [0.2, 0.25) is 0 Å². The van der Waals surface area contributed by atoms with Gasteiger partial charge in [-0.05, 0) is 22.0 Å². The second kappa shape index (κ2) is 4.92. The van der Waals surface area contributed by atoms with Crippen LogP contribution in [-0.4, -0.2) is 16.5 Å². The van der Waals surface area contributed by atoms with Crippen molar-refractivity contribution < 1.29 is 36.2 Å². The largest absolute Gasteiger partial charge is 0.574 e. The molecule has 0 amide bonds. The van der Waals surface area contributed by atoms with E-state index in [0.29, 0.717) is 0 Å². The zero-order valence-corrected chi connectivity index (χ0v) is 9.82. The SMILES string of the molecule is OCc1cc(Br)c(C(F)(F)F)c(OC(F)(F)F)n1. The quantitative estimate of drug-likeness (QED) is 0.841. The smallest absolute Gasteiger partial charge is 0.390 e. The minimum atomic E-state index is -5.32. The molecule has 18 heavy (non-hydrogen) atoms. The molecular formula is C8H4BrF6NO2. The zero-order chi connectivity index (χ0) is 14.1. The molecule has 0 unspecified atom stereocenters. The molecule has 1 rings (SSSR count). The summed E-state index contributed by atoms with van der Waals surface area (Å²) in [5.74, 6) is -1.66. The Kier molecular flexibility index (Phi) is 4.11. The average Bonchev–Trinajstić information content (AvgIpc) is 2.11. The summed E-state index contributed by atoms with van der Waals surface area (Å²) in [5.41, 5.74) is -2.09. The fourth-order valence-electron chi connectivity index (χ4n) is 1.06. The van der Waals surface area contributed by atoms with E-state index in [4.69, 9.17) is 5.11 Å². The van der Waals surface area contributed by atoms with E-state index in [1.54, 1.807) is 0 Å². The Hall–Kier alpha value is -1.03. The van der Waals surface area contributed by atoms with Gasteiger partial charge in [0.15, 0.2) is 0 Å². The highest BCUT2D eigenvalue weighted by Crippen LogP contribution is 2.41. The normalized spacial score (nSPS) is 12.7. The molecule has 0 bridgehead atoms. The van der Waals surface area contributed by atoms with Crippen LogP contribution in [-0.2, 0) is 12.8 Å². The molecule has 0 fully saturated rings. The number of ether oxygens (including phenoxy) is 1. The molecule has 1 heterocycles. The van der Waals surface area contributed by atoms with Crippen molar-refractivity contribution in [1.29, 1.82) is 0 Å². The van der Waals surface area contributed by atoms with Gasteiger partial charge in [-0.1, -0.05) is 0 Å². The molecule has 0 aliphatic heterocycles. The van der Waals surface area contributed by atoms with E-state index in [1.165, 1.54) is 0 Å². The lowest BCUT2D eigenvalue weighted by Gasteiger charge is -2.16. The molecule has 1 aromatic heterocycles. The molecule has 0 spiro atoms. The van der Waals surface area contributed by atoms with E-state index < -0.39 is 40.8 Å². The highest BCUT2D eigenvalue weighted by Gasteiger charge is 2.42. The summed E-state index contributed by atoms with van der Waals surface area (Å²) >= 11 is 2.46. The number of hydrogen-bond acceptors (Lipinski definition) is 3. The molecule has 0 saturated heterocycles. The molecule has 102 valence electrons. The third kappa shape index (κ3) is 3.73. The van der Waals surface area contributed by atoms with E-state index in [9.17, 15) is 26.3 Å². The standard InChI is InChI=1S/C8H4BrF6NO2/c9-4-1-3(2-17)16-6(18-8(13,14)15)5(4)7(10,11)12/h1,17H,2H2. The Bertz CT molecular complexity index is 444. The molecule has 0 aliphatic carbocycles. The first-order chi connectivity index (χ1) is 8.04. The number of aliphatic hydroxyl groups excluding tert-OH is 1. The summed E-state index contributed by atoms with van der Waals surface area (Å²) in [6.07, 6.45) is -10.4. The van der Waals surface area contributed by atoms with E-state index >= 15 is 0 Å². The second-order valence-electron chi connectivity index (χ2n) is 2.98. The summed E-state index contributed by atoms with van der Waals surface area (Å²) in [7, 11) is 0. The molecule has 0 aromatic carbocycles. The van der Waals surface area contributed by atoms with Gasteiger partial charge in [-0.2, -0.15) is 13.2 Å². The number of hydrogen-bond donors (Lipinski definition) is 1. The highest BCUT2D eigenvalue weighted by molar-refractivity contribution is 9.10. The van der Waals surface area contributed by atoms with Crippen LogP contribution in [0.5, 0.6) is 5.88 Å². The van der Waals surface area contributed by atoms with Crippen molar-refractivity contribution in [3.8, 4) is 5.88 Å². The Labute approximate surface area is 105 Å². The number of alkyl halides is 6. The lowest BCUT2D eigenvalue weighted by atomic mass is 10.2. The fraction of sp³-hybridized carbons (Fsp3) is 0.375. The Morgan fingerprint density at radius 3 is 2.17 bits per heavy atom. The van der Waals surface area contributed by atoms with E-state index in [0.717, 1.165) is 6.07 Å². The number of rotatable bonds is 2. The van der Waals surface area contributed by atoms with Gasteiger partial charge in [-0.25, -0.2) is 4.98 Å². The van der Waals surface area contributed by atoms with E-state index in [-0.39, 0.29) is 0 Å². The molecule has 10 heteroatoms. The van der Waals surface area contributed by atoms with Gasteiger partial charge < -0.3 is 9.84 Å². The van der Waals surface area contributed by atoms with Crippen LogP contribution in [0.3, 0.4) is 0 Å². The zero-order valence-electron chi connectivity index (χ0n) is 8.23. The topological polar surface area (TPSA) is 42.4 Å². The van der Waals surface area contributed by atoms with Gasteiger partial charge in [0, 0.05) is 4.47 Å². The number of aromatic nitrogens is 1. The number of pyridine rings is 1. The van der Waals surface area contributed by atoms with Gasteiger partial charge in [0.05, 0.1) is 12.3 Å². The maximum absolute atomic E-state index is 12.5. The van der Waals surface area contributed by atoms with Crippen molar-refractivity contribution in [3.63, 3.8) is 0 Å². The van der Waals surface area contributed by atoms with Crippen LogP contribution < -0.4 is 4.74 Å². The molecule has 3 nitrogen and oxygen atoms in total. The van der Waals surface area contributed by atoms with Crippen LogP contribution in [0, 0.1) is 0 Å². The van der Waals surface area contributed by atoms with Gasteiger partial charge >= 0.3 is 12.5 Å². The first kappa shape index (κ1) is 15.0. The van der Waals surface area contributed by atoms with Crippen molar-refractivity contribution >= 4 is 15.9 Å². The highest BCUT2D eigenvalue weighted by atomic mass is 79.9. The Balaban J connectivity index is 3.39. The van der Waals surface area contributed by atoms with Gasteiger partial charge in [-0.3, -0.25) is 0 Å². The van der Waals surface area contributed by atoms with Crippen molar-refractivity contribution in [3.05, 3.63) is 21.8 Å². The molecule has 1 aromatic rings. The predicted molar refractivity (Wildman–Crippen MR) is 49.5 cm³/mol. The van der Waals surface area contributed by atoms with Crippen LogP contribution in [0.1, 0.15) is 11.3 Å². The predicted octanol–water partition coefficient (Wildman–Crippen LogP) is 3.25. The lowest BCUT2D eigenvalue weighted by molar-refractivity contribution is -0.278. The molecule has 0 radical (unpaired) electrons. The first-order valence-electron chi connectivity index (χ1n) is 4.18. The van der Waals surface area contributed by atoms with Gasteiger partial charge in [0.1, 0.15) is 5.56 Å². The molecule has 0 saturated carbocycles. The van der Waals surface area contributed by atoms with Gasteiger partial charge in [0.2, 0.25) is 5.88 Å². The molecular weight excluding hydrogens is 336 g/mol. The maximum Gasteiger partial charge on any atom is 0.574 e. The third-order valence-electron chi connectivity index (χ3n) is 1.65. The van der Waals surface area contributed by atoms with Gasteiger partial charge in [-0.15, -0.1) is 13.2 Å². The van der Waals surface area contributed by atoms with Crippen LogP contribution >= 0.6 is 15.9 Å². The molecule has 0 aliphatic rings. The second-order valence-corrected chi connectivity index (χ2v) is 3.83. The third-order valence-corrected chi connectivity index (χ3v) is 2.27. The fourth-order valence-corrected chi connectivity index (χ4v) is 1.72. The van der Waals surface area contributed by atoms with Crippen LogP contribution in [0.4, 0.5) is 26.3 Å². The van der Waals surface area contributed by atoms with Crippen LogP contribution in [0.25, 0.3) is 0 Å². The number of halogens is 7. The molecule has 1 N–H and O–H groups in total. The number of nitrogens with zero attached hydrogens (tertiary/aromatic N) is 1. The van der Waals surface area contributed by atoms with E-state index in [2.05, 4.69) is 25.7 Å². The van der Waals surface area contributed by atoms with Crippen molar-refractivity contribution in [2.45, 2.75) is 19.1 Å². The van der Waals surface area contributed by atoms with Crippen molar-refractivity contribution in [2.75, 3.05) is 0 Å². The van der Waals surface area contributed by atoms with Gasteiger partial charge in [0.25, 0.3) is 0 Å².